The highest BCUT2D eigenvalue weighted by molar-refractivity contribution is 7.92. The van der Waals surface area contributed by atoms with E-state index in [0.717, 1.165) is 22.2 Å². The molecule has 0 fully saturated rings. The van der Waals surface area contributed by atoms with Crippen LogP contribution >= 0.6 is 0 Å². The van der Waals surface area contributed by atoms with Crippen LogP contribution in [0.25, 0.3) is 0 Å². The maximum absolute atomic E-state index is 14.0. The smallest absolute Gasteiger partial charge is 0.244 e. The second-order valence-corrected chi connectivity index (χ2v) is 11.4. The van der Waals surface area contributed by atoms with Gasteiger partial charge in [-0.2, -0.15) is 0 Å². The molecule has 0 aliphatic heterocycles. The quantitative estimate of drug-likeness (QED) is 0.367. The van der Waals surface area contributed by atoms with Crippen LogP contribution in [0.3, 0.4) is 0 Å². The monoisotopic (exact) mass is 555 g/mol. The second kappa shape index (κ2) is 13.2. The highest BCUT2D eigenvalue weighted by Gasteiger charge is 2.33. The molecule has 3 rings (SSSR count). The van der Waals surface area contributed by atoms with E-state index >= 15 is 0 Å². The van der Waals surface area contributed by atoms with Crippen molar-refractivity contribution in [3.63, 3.8) is 0 Å². The average molecular weight is 556 g/mol. The van der Waals surface area contributed by atoms with Gasteiger partial charge < -0.3 is 15.0 Å². The van der Waals surface area contributed by atoms with Crippen molar-refractivity contribution in [3.05, 3.63) is 95.8 Å². The van der Waals surface area contributed by atoms with Crippen LogP contribution in [0.2, 0.25) is 0 Å². The summed E-state index contributed by atoms with van der Waals surface area (Å²) in [4.78, 5) is 28.8. The van der Waals surface area contributed by atoms with Gasteiger partial charge in [-0.05, 0) is 55.3 Å². The highest BCUT2D eigenvalue weighted by Crippen LogP contribution is 2.22. The van der Waals surface area contributed by atoms with Crippen LogP contribution in [0.15, 0.2) is 78.9 Å². The van der Waals surface area contributed by atoms with Crippen molar-refractivity contribution in [2.75, 3.05) is 24.2 Å². The first-order valence-corrected chi connectivity index (χ1v) is 14.3. The standard InChI is InChI=1S/C29H34FN3O5S/c1-21(2)31-29(35)27(17-22-10-6-5-7-11-22)32(19-23-12-8-15-26(16-23)38-3)28(34)20-33(39(4,36)37)25-14-9-13-24(30)18-25/h5-16,18,21,27H,17,19-20H2,1-4H3,(H,31,35)/t27-/m1/s1. The number of nitrogens with zero attached hydrogens (tertiary/aromatic N) is 2. The Morgan fingerprint density at radius 2 is 1.62 bits per heavy atom. The predicted octanol–water partition coefficient (Wildman–Crippen LogP) is 3.77. The van der Waals surface area contributed by atoms with Crippen molar-refractivity contribution >= 4 is 27.5 Å². The number of rotatable bonds is 12. The second-order valence-electron chi connectivity index (χ2n) is 9.49. The zero-order valence-corrected chi connectivity index (χ0v) is 23.3. The van der Waals surface area contributed by atoms with Gasteiger partial charge in [-0.15, -0.1) is 0 Å². The third-order valence-electron chi connectivity index (χ3n) is 5.96. The summed E-state index contributed by atoms with van der Waals surface area (Å²) >= 11 is 0. The molecule has 0 heterocycles. The van der Waals surface area contributed by atoms with E-state index in [0.29, 0.717) is 11.3 Å². The van der Waals surface area contributed by atoms with Crippen LogP contribution in [0, 0.1) is 5.82 Å². The van der Waals surface area contributed by atoms with E-state index in [1.165, 1.54) is 30.2 Å². The van der Waals surface area contributed by atoms with Crippen LogP contribution < -0.4 is 14.4 Å². The Bertz CT molecular complexity index is 1380. The van der Waals surface area contributed by atoms with Crippen LogP contribution in [0.4, 0.5) is 10.1 Å². The largest absolute Gasteiger partial charge is 0.497 e. The lowest BCUT2D eigenvalue weighted by Crippen LogP contribution is -2.54. The van der Waals surface area contributed by atoms with Gasteiger partial charge in [0.2, 0.25) is 21.8 Å². The lowest BCUT2D eigenvalue weighted by Gasteiger charge is -2.34. The van der Waals surface area contributed by atoms with Crippen molar-refractivity contribution in [1.29, 1.82) is 0 Å². The van der Waals surface area contributed by atoms with Crippen molar-refractivity contribution in [3.8, 4) is 5.75 Å². The molecule has 1 atom stereocenters. The number of carbonyl (C=O) groups is 2. The molecule has 0 aromatic heterocycles. The summed E-state index contributed by atoms with van der Waals surface area (Å²) < 4.78 is 45.6. The Hall–Kier alpha value is -3.92. The van der Waals surface area contributed by atoms with Crippen LogP contribution in [0.5, 0.6) is 5.75 Å². The van der Waals surface area contributed by atoms with Gasteiger partial charge in [0, 0.05) is 19.0 Å². The van der Waals surface area contributed by atoms with Crippen molar-refractivity contribution in [2.24, 2.45) is 0 Å². The number of amides is 2. The maximum Gasteiger partial charge on any atom is 0.244 e. The molecule has 2 amide bonds. The normalized spacial score (nSPS) is 12.1. The molecular formula is C29H34FN3O5S. The molecule has 0 aliphatic rings. The molecule has 10 heteroatoms. The summed E-state index contributed by atoms with van der Waals surface area (Å²) in [6.45, 7) is 3.04. The number of anilines is 1. The number of ether oxygens (including phenoxy) is 1. The zero-order chi connectivity index (χ0) is 28.6. The van der Waals surface area contributed by atoms with Gasteiger partial charge in [-0.3, -0.25) is 13.9 Å². The number of hydrogen-bond acceptors (Lipinski definition) is 5. The Balaban J connectivity index is 2.07. The van der Waals surface area contributed by atoms with Crippen LogP contribution in [0.1, 0.15) is 25.0 Å². The predicted molar refractivity (Wildman–Crippen MR) is 149 cm³/mol. The summed E-state index contributed by atoms with van der Waals surface area (Å²) in [6.07, 6.45) is 1.15. The van der Waals surface area contributed by atoms with E-state index in [2.05, 4.69) is 5.32 Å². The molecule has 0 unspecified atom stereocenters. The Kier molecular flexibility index (Phi) is 10.1. The van der Waals surface area contributed by atoms with Gasteiger partial charge in [0.25, 0.3) is 0 Å². The van der Waals surface area contributed by atoms with E-state index in [4.69, 9.17) is 4.74 Å². The summed E-state index contributed by atoms with van der Waals surface area (Å²) in [5.74, 6) is -1.06. The molecule has 0 bridgehead atoms. The van der Waals surface area contributed by atoms with E-state index in [-0.39, 0.29) is 30.6 Å². The molecule has 39 heavy (non-hydrogen) atoms. The van der Waals surface area contributed by atoms with Gasteiger partial charge in [0.1, 0.15) is 24.2 Å². The topological polar surface area (TPSA) is 96.0 Å². The lowest BCUT2D eigenvalue weighted by atomic mass is 10.0. The zero-order valence-electron chi connectivity index (χ0n) is 22.5. The minimum Gasteiger partial charge on any atom is -0.497 e. The van der Waals surface area contributed by atoms with Gasteiger partial charge in [-0.25, -0.2) is 12.8 Å². The van der Waals surface area contributed by atoms with Gasteiger partial charge in [-0.1, -0.05) is 48.5 Å². The number of halogens is 1. The van der Waals surface area contributed by atoms with Crippen molar-refractivity contribution in [2.45, 2.75) is 38.9 Å². The molecule has 3 aromatic rings. The average Bonchev–Trinajstić information content (AvgIpc) is 2.88. The molecule has 0 aliphatic carbocycles. The first kappa shape index (κ1) is 29.6. The fourth-order valence-electron chi connectivity index (χ4n) is 4.15. The van der Waals surface area contributed by atoms with Crippen LogP contribution in [-0.2, 0) is 32.6 Å². The number of carbonyl (C=O) groups excluding carboxylic acids is 2. The van der Waals surface area contributed by atoms with E-state index in [9.17, 15) is 22.4 Å². The first-order chi connectivity index (χ1) is 18.5. The molecule has 208 valence electrons. The third-order valence-corrected chi connectivity index (χ3v) is 7.11. The minimum absolute atomic E-state index is 0.0124. The van der Waals surface area contributed by atoms with Crippen molar-refractivity contribution < 1.29 is 27.1 Å². The molecule has 0 saturated carbocycles. The number of nitrogens with one attached hydrogen (secondary N) is 1. The third kappa shape index (κ3) is 8.54. The van der Waals surface area contributed by atoms with Gasteiger partial charge >= 0.3 is 0 Å². The summed E-state index contributed by atoms with van der Waals surface area (Å²) in [5.41, 5.74) is 1.53. The number of sulfonamides is 1. The summed E-state index contributed by atoms with van der Waals surface area (Å²) in [7, 11) is -2.44. The van der Waals surface area contributed by atoms with E-state index < -0.39 is 34.3 Å². The van der Waals surface area contributed by atoms with E-state index in [1.54, 1.807) is 24.3 Å². The SMILES string of the molecule is COc1cccc(CN(C(=O)CN(c2cccc(F)c2)S(C)(=O)=O)[C@H](Cc2ccccc2)C(=O)NC(C)C)c1. The Morgan fingerprint density at radius 1 is 0.949 bits per heavy atom. The number of hydrogen-bond donors (Lipinski definition) is 1. The maximum atomic E-state index is 14.0. The Labute approximate surface area is 229 Å². The molecule has 8 nitrogen and oxygen atoms in total. The highest BCUT2D eigenvalue weighted by atomic mass is 32.2. The number of methoxy groups -OCH3 is 1. The summed E-state index contributed by atoms with van der Waals surface area (Å²) in [5, 5.41) is 2.89. The van der Waals surface area contributed by atoms with Crippen LogP contribution in [-0.4, -0.2) is 57.1 Å². The molecule has 3 aromatic carbocycles. The summed E-state index contributed by atoms with van der Waals surface area (Å²) in [6, 6.07) is 20.2. The van der Waals surface area contributed by atoms with E-state index in [1.807, 2.05) is 44.2 Å². The Morgan fingerprint density at radius 3 is 2.23 bits per heavy atom. The van der Waals surface area contributed by atoms with Gasteiger partial charge in [0.05, 0.1) is 19.1 Å². The molecular weight excluding hydrogens is 521 g/mol. The molecule has 0 saturated heterocycles. The fourth-order valence-corrected chi connectivity index (χ4v) is 4.99. The van der Waals surface area contributed by atoms with Gasteiger partial charge in [0.15, 0.2) is 0 Å². The molecule has 0 spiro atoms. The lowest BCUT2D eigenvalue weighted by molar-refractivity contribution is -0.140. The number of benzene rings is 3. The molecule has 0 radical (unpaired) electrons. The molecule has 1 N–H and O–H groups in total. The van der Waals surface area contributed by atoms with Crippen molar-refractivity contribution in [1.82, 2.24) is 10.2 Å². The first-order valence-electron chi connectivity index (χ1n) is 12.5. The fraction of sp³-hybridized carbons (Fsp3) is 0.310. The minimum atomic E-state index is -3.97.